The minimum Gasteiger partial charge on any atom is -0.359 e. The van der Waals surface area contributed by atoms with Gasteiger partial charge in [0.05, 0.1) is 0 Å². The Morgan fingerprint density at radius 2 is 2.05 bits per heavy atom. The minimum absolute atomic E-state index is 0.0856. The number of Topliss-reactive ketones (excluding diaryl/α,β-unsaturated/α-hetero) is 1. The first-order chi connectivity index (χ1) is 9.99. The van der Waals surface area contributed by atoms with E-state index in [0.29, 0.717) is 5.92 Å². The number of rotatable bonds is 8. The lowest BCUT2D eigenvalue weighted by Gasteiger charge is -2.19. The molecule has 0 bridgehead atoms. The molecule has 0 aromatic heterocycles. The van der Waals surface area contributed by atoms with Crippen LogP contribution >= 0.6 is 0 Å². The summed E-state index contributed by atoms with van der Waals surface area (Å²) in [5.41, 5.74) is 3.79. The molecule has 1 aromatic rings. The zero-order valence-corrected chi connectivity index (χ0v) is 13.7. The second-order valence-electron chi connectivity index (χ2n) is 5.53. The van der Waals surface area contributed by atoms with Crippen molar-refractivity contribution in [3.63, 3.8) is 0 Å². The second kappa shape index (κ2) is 8.46. The van der Waals surface area contributed by atoms with Crippen LogP contribution in [0.1, 0.15) is 62.9 Å². The smallest absolute Gasteiger partial charge is 0.159 e. The molecule has 2 heteroatoms. The third-order valence-corrected chi connectivity index (χ3v) is 3.75. The fraction of sp³-hybridized carbons (Fsp3) is 0.421. The van der Waals surface area contributed by atoms with Gasteiger partial charge in [-0.3, -0.25) is 4.79 Å². The Balaban J connectivity index is 2.82. The van der Waals surface area contributed by atoms with Gasteiger partial charge in [-0.1, -0.05) is 57.5 Å². The molecule has 0 amide bonds. The Morgan fingerprint density at radius 1 is 1.38 bits per heavy atom. The summed E-state index contributed by atoms with van der Waals surface area (Å²) in [6.45, 7) is 12.1. The van der Waals surface area contributed by atoms with E-state index in [-0.39, 0.29) is 5.78 Å². The molecule has 0 fully saturated rings. The van der Waals surface area contributed by atoms with Crippen LogP contribution in [0.25, 0.3) is 5.70 Å². The van der Waals surface area contributed by atoms with E-state index in [4.69, 9.17) is 0 Å². The number of nitrogens with one attached hydrogen (secondary N) is 1. The fourth-order valence-electron chi connectivity index (χ4n) is 2.20. The van der Waals surface area contributed by atoms with Crippen molar-refractivity contribution in [1.29, 1.82) is 0 Å². The molecule has 1 atom stereocenters. The summed E-state index contributed by atoms with van der Waals surface area (Å²) in [6, 6.07) is 7.70. The third-order valence-electron chi connectivity index (χ3n) is 3.75. The molecule has 1 N–H and O–H groups in total. The lowest BCUT2D eigenvalue weighted by Crippen LogP contribution is -2.17. The Bertz CT molecular complexity index is 528. The number of ketones is 1. The quantitative estimate of drug-likeness (QED) is 0.667. The second-order valence-corrected chi connectivity index (χ2v) is 5.53. The molecule has 0 saturated heterocycles. The molecular weight excluding hydrogens is 258 g/mol. The van der Waals surface area contributed by atoms with Gasteiger partial charge >= 0.3 is 0 Å². The monoisotopic (exact) mass is 285 g/mol. The van der Waals surface area contributed by atoms with E-state index in [9.17, 15) is 4.79 Å². The van der Waals surface area contributed by atoms with E-state index in [0.717, 1.165) is 28.9 Å². The molecule has 0 saturated carbocycles. The molecule has 0 aliphatic heterocycles. The van der Waals surface area contributed by atoms with Crippen molar-refractivity contribution in [3.8, 4) is 0 Å². The number of unbranched alkanes of at least 4 members (excludes halogenated alkanes) is 1. The molecule has 21 heavy (non-hydrogen) atoms. The fourth-order valence-corrected chi connectivity index (χ4v) is 2.20. The summed E-state index contributed by atoms with van der Waals surface area (Å²) in [5, 5.41) is 3.41. The van der Waals surface area contributed by atoms with Gasteiger partial charge < -0.3 is 5.32 Å². The maximum Gasteiger partial charge on any atom is 0.159 e. The highest BCUT2D eigenvalue weighted by molar-refractivity contribution is 5.94. The molecule has 1 rings (SSSR count). The maximum atomic E-state index is 11.5. The Morgan fingerprint density at radius 3 is 2.62 bits per heavy atom. The number of carbonyl (C=O) groups is 1. The van der Waals surface area contributed by atoms with Crippen LogP contribution in [0.3, 0.4) is 0 Å². The standard InChI is InChI=1S/C19H27NO/c1-6-8-10-14(3)15(4)20-19(7-2)18-12-9-11-17(13-18)16(5)21/h7,9,11-14,20H,4,6,8,10H2,1-3,5H3/b19-7-. The van der Waals surface area contributed by atoms with E-state index >= 15 is 0 Å². The zero-order valence-electron chi connectivity index (χ0n) is 13.7. The van der Waals surface area contributed by atoms with Crippen LogP contribution in [-0.4, -0.2) is 5.78 Å². The van der Waals surface area contributed by atoms with Crippen molar-refractivity contribution >= 4 is 11.5 Å². The van der Waals surface area contributed by atoms with Gasteiger partial charge in [-0.2, -0.15) is 0 Å². The molecule has 0 heterocycles. The van der Waals surface area contributed by atoms with Crippen LogP contribution in [0.15, 0.2) is 42.6 Å². The summed E-state index contributed by atoms with van der Waals surface area (Å²) >= 11 is 0. The van der Waals surface area contributed by atoms with Crippen LogP contribution in [0.5, 0.6) is 0 Å². The SMILES string of the molecule is C=C(N/C(=C\C)c1cccc(C(C)=O)c1)C(C)CCCC. The Kier molecular flexibility index (Phi) is 6.93. The molecule has 1 aromatic carbocycles. The van der Waals surface area contributed by atoms with Gasteiger partial charge in [0.1, 0.15) is 0 Å². The van der Waals surface area contributed by atoms with Crippen LogP contribution < -0.4 is 5.32 Å². The lowest BCUT2D eigenvalue weighted by molar-refractivity contribution is 0.101. The molecule has 0 aliphatic carbocycles. The topological polar surface area (TPSA) is 29.1 Å². The molecule has 0 radical (unpaired) electrons. The highest BCUT2D eigenvalue weighted by Crippen LogP contribution is 2.20. The minimum atomic E-state index is 0.0856. The van der Waals surface area contributed by atoms with E-state index in [2.05, 4.69) is 25.7 Å². The summed E-state index contributed by atoms with van der Waals surface area (Å²) in [7, 11) is 0. The average molecular weight is 285 g/mol. The number of hydrogen-bond donors (Lipinski definition) is 1. The summed E-state index contributed by atoms with van der Waals surface area (Å²) in [4.78, 5) is 11.5. The summed E-state index contributed by atoms with van der Waals surface area (Å²) in [6.07, 6.45) is 5.59. The van der Waals surface area contributed by atoms with Gasteiger partial charge in [-0.15, -0.1) is 0 Å². The van der Waals surface area contributed by atoms with E-state index in [1.807, 2.05) is 37.3 Å². The first-order valence-corrected chi connectivity index (χ1v) is 7.73. The third kappa shape index (κ3) is 5.22. The number of allylic oxidation sites excluding steroid dienone is 2. The zero-order chi connectivity index (χ0) is 15.8. The first-order valence-electron chi connectivity index (χ1n) is 7.73. The number of hydrogen-bond acceptors (Lipinski definition) is 2. The Labute approximate surface area is 129 Å². The van der Waals surface area contributed by atoms with Crippen LogP contribution in [0, 0.1) is 5.92 Å². The number of benzene rings is 1. The van der Waals surface area contributed by atoms with E-state index < -0.39 is 0 Å². The van der Waals surface area contributed by atoms with Crippen molar-refractivity contribution in [2.45, 2.75) is 47.0 Å². The number of carbonyl (C=O) groups excluding carboxylic acids is 1. The van der Waals surface area contributed by atoms with E-state index in [1.54, 1.807) is 6.92 Å². The van der Waals surface area contributed by atoms with Crippen LogP contribution in [0.2, 0.25) is 0 Å². The van der Waals surface area contributed by atoms with Crippen molar-refractivity contribution < 1.29 is 4.79 Å². The normalized spacial score (nSPS) is 12.9. The largest absolute Gasteiger partial charge is 0.359 e. The van der Waals surface area contributed by atoms with Gasteiger partial charge in [0.2, 0.25) is 0 Å². The lowest BCUT2D eigenvalue weighted by atomic mass is 10.00. The summed E-state index contributed by atoms with van der Waals surface area (Å²) < 4.78 is 0. The van der Waals surface area contributed by atoms with Crippen LogP contribution in [0.4, 0.5) is 0 Å². The van der Waals surface area contributed by atoms with Crippen LogP contribution in [-0.2, 0) is 0 Å². The molecule has 1 unspecified atom stereocenters. The molecule has 0 spiro atoms. The van der Waals surface area contributed by atoms with Crippen molar-refractivity contribution in [2.75, 3.05) is 0 Å². The van der Waals surface area contributed by atoms with Crippen molar-refractivity contribution in [2.24, 2.45) is 5.92 Å². The van der Waals surface area contributed by atoms with Gasteiger partial charge in [-0.25, -0.2) is 0 Å². The predicted molar refractivity (Wildman–Crippen MR) is 91.1 cm³/mol. The van der Waals surface area contributed by atoms with Gasteiger partial charge in [-0.05, 0) is 37.8 Å². The van der Waals surface area contributed by atoms with E-state index in [1.165, 1.54) is 12.8 Å². The molecule has 0 aliphatic rings. The maximum absolute atomic E-state index is 11.5. The Hall–Kier alpha value is -1.83. The van der Waals surface area contributed by atoms with Gasteiger partial charge in [0, 0.05) is 17.0 Å². The molecule has 2 nitrogen and oxygen atoms in total. The average Bonchev–Trinajstić information content (AvgIpc) is 2.49. The van der Waals surface area contributed by atoms with Crippen molar-refractivity contribution in [1.82, 2.24) is 5.32 Å². The van der Waals surface area contributed by atoms with Crippen molar-refractivity contribution in [3.05, 3.63) is 53.7 Å². The molecular formula is C19H27NO. The predicted octanol–water partition coefficient (Wildman–Crippen LogP) is 5.18. The first kappa shape index (κ1) is 17.2. The summed E-state index contributed by atoms with van der Waals surface area (Å²) in [5.74, 6) is 0.526. The highest BCUT2D eigenvalue weighted by Gasteiger charge is 2.09. The highest BCUT2D eigenvalue weighted by atomic mass is 16.1. The van der Waals surface area contributed by atoms with Gasteiger partial charge in [0.25, 0.3) is 0 Å². The van der Waals surface area contributed by atoms with Gasteiger partial charge in [0.15, 0.2) is 5.78 Å². The molecule has 114 valence electrons.